The molecule has 2 nitrogen and oxygen atoms in total. The molecule has 2 aromatic carbocycles. The molecule has 0 aliphatic carbocycles. The quantitative estimate of drug-likeness (QED) is 0.341. The highest BCUT2D eigenvalue weighted by Gasteiger charge is 2.18. The maximum atomic E-state index is 11.5. The number of thioether (sulfide) groups is 1. The van der Waals surface area contributed by atoms with Crippen LogP contribution in [0.3, 0.4) is 0 Å². The van der Waals surface area contributed by atoms with E-state index in [9.17, 15) is 9.90 Å². The van der Waals surface area contributed by atoms with Crippen LogP contribution in [-0.4, -0.2) is 16.3 Å². The highest BCUT2D eigenvalue weighted by Crippen LogP contribution is 2.27. The number of hydrogen-bond donors (Lipinski definition) is 1. The molecule has 140 valence electrons. The van der Waals surface area contributed by atoms with Gasteiger partial charge in [0.2, 0.25) is 0 Å². The Bertz CT molecular complexity index is 637. The normalized spacial score (nSPS) is 12.0. The minimum Gasteiger partial charge on any atom is -0.480 e. The lowest BCUT2D eigenvalue weighted by atomic mass is 10.0. The van der Waals surface area contributed by atoms with E-state index in [1.165, 1.54) is 48.6 Å². The van der Waals surface area contributed by atoms with Gasteiger partial charge in [-0.2, -0.15) is 0 Å². The SMILES string of the molecule is Cc1ccc(SC(CCCCCCCCc2ccccc2)C(=O)O)cc1. The van der Waals surface area contributed by atoms with Crippen molar-refractivity contribution < 1.29 is 9.90 Å². The largest absolute Gasteiger partial charge is 0.480 e. The molecule has 0 aromatic heterocycles. The summed E-state index contributed by atoms with van der Waals surface area (Å²) in [6.07, 6.45) is 8.98. The number of benzene rings is 2. The molecule has 26 heavy (non-hydrogen) atoms. The summed E-state index contributed by atoms with van der Waals surface area (Å²) < 4.78 is 0. The van der Waals surface area contributed by atoms with Gasteiger partial charge in [-0.25, -0.2) is 0 Å². The summed E-state index contributed by atoms with van der Waals surface area (Å²) in [5, 5.41) is 9.11. The minimum absolute atomic E-state index is 0.337. The maximum absolute atomic E-state index is 11.5. The van der Waals surface area contributed by atoms with Crippen molar-refractivity contribution in [3.05, 3.63) is 65.7 Å². The van der Waals surface area contributed by atoms with Crippen molar-refractivity contribution in [3.63, 3.8) is 0 Å². The number of carboxylic acids is 1. The Morgan fingerprint density at radius 1 is 0.885 bits per heavy atom. The first-order chi connectivity index (χ1) is 12.6. The second-order valence-corrected chi connectivity index (χ2v) is 8.18. The Hall–Kier alpha value is -1.74. The first-order valence-electron chi connectivity index (χ1n) is 9.65. The summed E-state index contributed by atoms with van der Waals surface area (Å²) in [5.41, 5.74) is 2.62. The van der Waals surface area contributed by atoms with Crippen molar-refractivity contribution in [2.75, 3.05) is 0 Å². The van der Waals surface area contributed by atoms with Gasteiger partial charge in [-0.05, 0) is 43.9 Å². The first-order valence-corrected chi connectivity index (χ1v) is 10.5. The molecule has 0 heterocycles. The van der Waals surface area contributed by atoms with Gasteiger partial charge < -0.3 is 5.11 Å². The maximum Gasteiger partial charge on any atom is 0.316 e. The van der Waals surface area contributed by atoms with E-state index in [1.54, 1.807) is 0 Å². The summed E-state index contributed by atoms with van der Waals surface area (Å²) in [6.45, 7) is 2.04. The van der Waals surface area contributed by atoms with Crippen molar-refractivity contribution in [1.82, 2.24) is 0 Å². The third kappa shape index (κ3) is 8.09. The molecule has 3 heteroatoms. The second-order valence-electron chi connectivity index (χ2n) is 6.90. The topological polar surface area (TPSA) is 37.3 Å². The van der Waals surface area contributed by atoms with Crippen LogP contribution in [-0.2, 0) is 11.2 Å². The summed E-state index contributed by atoms with van der Waals surface area (Å²) in [4.78, 5) is 12.5. The highest BCUT2D eigenvalue weighted by atomic mass is 32.2. The summed E-state index contributed by atoms with van der Waals surface area (Å²) in [6, 6.07) is 18.8. The Balaban J connectivity index is 1.56. The Morgan fingerprint density at radius 2 is 1.50 bits per heavy atom. The smallest absolute Gasteiger partial charge is 0.316 e. The van der Waals surface area contributed by atoms with Gasteiger partial charge >= 0.3 is 5.97 Å². The monoisotopic (exact) mass is 370 g/mol. The van der Waals surface area contributed by atoms with Gasteiger partial charge in [-0.15, -0.1) is 11.8 Å². The van der Waals surface area contributed by atoms with Gasteiger partial charge in [0.15, 0.2) is 0 Å². The van der Waals surface area contributed by atoms with E-state index in [0.29, 0.717) is 0 Å². The van der Waals surface area contributed by atoms with Gasteiger partial charge in [0.1, 0.15) is 5.25 Å². The molecule has 0 aliphatic rings. The van der Waals surface area contributed by atoms with E-state index in [2.05, 4.69) is 30.3 Å². The predicted molar refractivity (Wildman–Crippen MR) is 111 cm³/mol. The van der Waals surface area contributed by atoms with E-state index in [-0.39, 0.29) is 5.25 Å². The molecule has 1 N–H and O–H groups in total. The molecule has 0 saturated carbocycles. The minimum atomic E-state index is -0.696. The summed E-state index contributed by atoms with van der Waals surface area (Å²) in [7, 11) is 0. The molecule has 0 amide bonds. The van der Waals surface area contributed by atoms with E-state index >= 15 is 0 Å². The molecule has 0 aliphatic heterocycles. The average Bonchev–Trinajstić information content (AvgIpc) is 2.65. The van der Waals surface area contributed by atoms with E-state index < -0.39 is 5.97 Å². The Morgan fingerprint density at radius 3 is 2.15 bits per heavy atom. The van der Waals surface area contributed by atoms with E-state index in [4.69, 9.17) is 0 Å². The molecule has 0 spiro atoms. The van der Waals surface area contributed by atoms with E-state index in [1.807, 2.05) is 31.2 Å². The molecule has 2 aromatic rings. The summed E-state index contributed by atoms with van der Waals surface area (Å²) >= 11 is 1.48. The second kappa shape index (κ2) is 11.8. The van der Waals surface area contributed by atoms with Crippen molar-refractivity contribution in [2.45, 2.75) is 68.4 Å². The lowest BCUT2D eigenvalue weighted by molar-refractivity contribution is -0.136. The number of hydrogen-bond acceptors (Lipinski definition) is 2. The van der Waals surface area contributed by atoms with Crippen LogP contribution in [0.1, 0.15) is 56.1 Å². The zero-order valence-electron chi connectivity index (χ0n) is 15.7. The van der Waals surface area contributed by atoms with Gasteiger partial charge in [0, 0.05) is 4.90 Å². The molecule has 1 atom stereocenters. The molecule has 2 rings (SSSR count). The van der Waals surface area contributed by atoms with Crippen LogP contribution in [0.2, 0.25) is 0 Å². The average molecular weight is 371 g/mol. The molecule has 0 bridgehead atoms. The van der Waals surface area contributed by atoms with Crippen molar-refractivity contribution in [3.8, 4) is 0 Å². The van der Waals surface area contributed by atoms with Crippen LogP contribution in [0.15, 0.2) is 59.5 Å². The van der Waals surface area contributed by atoms with Crippen LogP contribution in [0.5, 0.6) is 0 Å². The Labute approximate surface area is 162 Å². The molecule has 0 saturated heterocycles. The number of rotatable bonds is 12. The van der Waals surface area contributed by atoms with Gasteiger partial charge in [-0.1, -0.05) is 80.1 Å². The third-order valence-electron chi connectivity index (χ3n) is 4.60. The van der Waals surface area contributed by atoms with Crippen LogP contribution in [0.4, 0.5) is 0 Å². The van der Waals surface area contributed by atoms with Gasteiger partial charge in [-0.3, -0.25) is 4.79 Å². The zero-order valence-corrected chi connectivity index (χ0v) is 16.5. The number of unbranched alkanes of at least 4 members (excludes halogenated alkanes) is 5. The third-order valence-corrected chi connectivity index (χ3v) is 5.87. The van der Waals surface area contributed by atoms with Crippen LogP contribution in [0, 0.1) is 6.92 Å². The highest BCUT2D eigenvalue weighted by molar-refractivity contribution is 8.00. The number of aryl methyl sites for hydroxylation is 2. The number of carbonyl (C=O) groups is 1. The number of carboxylic acid groups (broad SMARTS) is 1. The molecular formula is C23H30O2S. The standard InChI is InChI=1S/C23H30O2S/c1-19-15-17-21(18-16-19)26-22(23(24)25)14-10-5-3-2-4-7-11-20-12-8-6-9-13-20/h6,8-9,12-13,15-18,22H,2-5,7,10-11,14H2,1H3,(H,24,25). The van der Waals surface area contributed by atoms with Crippen LogP contribution < -0.4 is 0 Å². The van der Waals surface area contributed by atoms with Gasteiger partial charge in [0.05, 0.1) is 0 Å². The lowest BCUT2D eigenvalue weighted by Crippen LogP contribution is -2.16. The molecule has 0 fully saturated rings. The van der Waals surface area contributed by atoms with Crippen LogP contribution >= 0.6 is 11.8 Å². The fourth-order valence-electron chi connectivity index (χ4n) is 3.02. The summed E-state index contributed by atoms with van der Waals surface area (Å²) in [5.74, 6) is -0.696. The Kier molecular flexibility index (Phi) is 9.33. The van der Waals surface area contributed by atoms with Crippen molar-refractivity contribution in [2.24, 2.45) is 0 Å². The fourth-order valence-corrected chi connectivity index (χ4v) is 4.03. The first kappa shape index (κ1) is 20.6. The van der Waals surface area contributed by atoms with E-state index in [0.717, 1.165) is 30.6 Å². The van der Waals surface area contributed by atoms with Crippen LogP contribution in [0.25, 0.3) is 0 Å². The number of aliphatic carboxylic acids is 1. The fraction of sp³-hybridized carbons (Fsp3) is 0.435. The zero-order chi connectivity index (χ0) is 18.6. The molecular weight excluding hydrogens is 340 g/mol. The van der Waals surface area contributed by atoms with Gasteiger partial charge in [0.25, 0.3) is 0 Å². The lowest BCUT2D eigenvalue weighted by Gasteiger charge is -2.12. The predicted octanol–water partition coefficient (Wildman–Crippen LogP) is 6.51. The van der Waals surface area contributed by atoms with Crippen molar-refractivity contribution in [1.29, 1.82) is 0 Å². The molecule has 1 unspecified atom stereocenters. The molecule has 0 radical (unpaired) electrons. The van der Waals surface area contributed by atoms with Crippen molar-refractivity contribution >= 4 is 17.7 Å².